The lowest BCUT2D eigenvalue weighted by Crippen LogP contribution is -2.23. The normalized spacial score (nSPS) is 21.6. The first-order valence-electron chi connectivity index (χ1n) is 6.17. The first-order valence-corrected chi connectivity index (χ1v) is 6.17. The molecule has 2 N–H and O–H groups in total. The fraction of sp³-hybridized carbons (Fsp3) is 0.429. The van der Waals surface area contributed by atoms with Gasteiger partial charge in [0.25, 0.3) is 0 Å². The topological polar surface area (TPSA) is 71.5 Å². The van der Waals surface area contributed by atoms with Crippen LogP contribution in [0.1, 0.15) is 18.9 Å². The van der Waals surface area contributed by atoms with E-state index in [1.807, 2.05) is 6.92 Å². The number of carbonyl (C=O) groups is 1. The van der Waals surface area contributed by atoms with Crippen LogP contribution in [0.2, 0.25) is 0 Å². The average molecular weight is 260 g/mol. The van der Waals surface area contributed by atoms with Gasteiger partial charge < -0.3 is 15.2 Å². The molecule has 1 aliphatic heterocycles. The summed E-state index contributed by atoms with van der Waals surface area (Å²) < 4.78 is 5.37. The zero-order valence-electron chi connectivity index (χ0n) is 10.7. The minimum Gasteiger partial charge on any atom is -0.384 e. The van der Waals surface area contributed by atoms with Crippen LogP contribution in [-0.2, 0) is 9.53 Å². The molecule has 1 amide bonds. The van der Waals surface area contributed by atoms with Gasteiger partial charge in [0, 0.05) is 11.8 Å². The number of aliphatic hydroxyl groups excluding tert-OH is 1. The zero-order chi connectivity index (χ0) is 13.7. The number of amides is 1. The summed E-state index contributed by atoms with van der Waals surface area (Å²) >= 11 is 0. The number of hydrogen-bond acceptors (Lipinski definition) is 4. The molecule has 1 fully saturated rings. The minimum absolute atomic E-state index is 0.0795. The molecule has 0 aliphatic carbocycles. The molecule has 2 heterocycles. The number of rotatable bonds is 2. The Hall–Kier alpha value is -1.90. The van der Waals surface area contributed by atoms with Gasteiger partial charge in [0.1, 0.15) is 12.4 Å². The Bertz CT molecular complexity index is 519. The fourth-order valence-electron chi connectivity index (χ4n) is 1.95. The molecule has 1 aromatic heterocycles. The van der Waals surface area contributed by atoms with Crippen LogP contribution in [0.3, 0.4) is 0 Å². The van der Waals surface area contributed by atoms with Crippen molar-refractivity contribution in [2.45, 2.75) is 19.4 Å². The third kappa shape index (κ3) is 3.78. The van der Waals surface area contributed by atoms with Crippen LogP contribution >= 0.6 is 0 Å². The number of nitrogens with one attached hydrogen (secondary N) is 1. The Labute approximate surface area is 112 Å². The number of carbonyl (C=O) groups excluding carboxylic acids is 1. The number of ether oxygens (including phenoxy) is 1. The summed E-state index contributed by atoms with van der Waals surface area (Å²) in [6.45, 7) is 2.22. The van der Waals surface area contributed by atoms with Crippen molar-refractivity contribution < 1.29 is 14.6 Å². The monoisotopic (exact) mass is 260 g/mol. The summed E-state index contributed by atoms with van der Waals surface area (Å²) in [6.07, 6.45) is 2.44. The number of nitrogens with zero attached hydrogens (tertiary/aromatic N) is 1. The Morgan fingerprint density at radius 1 is 1.68 bits per heavy atom. The quantitative estimate of drug-likeness (QED) is 0.771. The van der Waals surface area contributed by atoms with Crippen molar-refractivity contribution in [3.8, 4) is 11.8 Å². The number of anilines is 1. The van der Waals surface area contributed by atoms with E-state index >= 15 is 0 Å². The Morgan fingerprint density at radius 2 is 2.53 bits per heavy atom. The second-order valence-electron chi connectivity index (χ2n) is 4.46. The van der Waals surface area contributed by atoms with Gasteiger partial charge in [0.05, 0.1) is 18.6 Å². The van der Waals surface area contributed by atoms with Gasteiger partial charge in [-0.2, -0.15) is 0 Å². The van der Waals surface area contributed by atoms with Crippen LogP contribution in [0.5, 0.6) is 0 Å². The molecule has 0 aromatic carbocycles. The maximum Gasteiger partial charge on any atom is 0.231 e. The average Bonchev–Trinajstić information content (AvgIpc) is 2.83. The molecule has 1 saturated heterocycles. The van der Waals surface area contributed by atoms with E-state index in [-0.39, 0.29) is 24.5 Å². The summed E-state index contributed by atoms with van der Waals surface area (Å²) in [6, 6.07) is 3.40. The van der Waals surface area contributed by atoms with Crippen LogP contribution in [-0.4, -0.2) is 35.3 Å². The molecule has 2 unspecified atom stereocenters. The molecule has 5 nitrogen and oxygen atoms in total. The van der Waals surface area contributed by atoms with Gasteiger partial charge in [-0.25, -0.2) is 4.98 Å². The van der Waals surface area contributed by atoms with Crippen molar-refractivity contribution in [3.63, 3.8) is 0 Å². The highest BCUT2D eigenvalue weighted by Crippen LogP contribution is 2.20. The lowest BCUT2D eigenvalue weighted by molar-refractivity contribution is -0.119. The van der Waals surface area contributed by atoms with E-state index in [0.29, 0.717) is 18.0 Å². The second kappa shape index (κ2) is 6.32. The third-order valence-corrected chi connectivity index (χ3v) is 2.89. The molecule has 2 rings (SSSR count). The zero-order valence-corrected chi connectivity index (χ0v) is 10.7. The van der Waals surface area contributed by atoms with Gasteiger partial charge in [0.15, 0.2) is 0 Å². The number of pyridine rings is 1. The highest BCUT2D eigenvalue weighted by molar-refractivity contribution is 5.92. The predicted molar refractivity (Wildman–Crippen MR) is 70.4 cm³/mol. The maximum atomic E-state index is 12.0. The molecule has 19 heavy (non-hydrogen) atoms. The Kier molecular flexibility index (Phi) is 4.50. The molecule has 0 radical (unpaired) electrons. The molecular weight excluding hydrogens is 244 g/mol. The van der Waals surface area contributed by atoms with Crippen LogP contribution in [0.25, 0.3) is 0 Å². The van der Waals surface area contributed by atoms with Gasteiger partial charge >= 0.3 is 0 Å². The van der Waals surface area contributed by atoms with Crippen molar-refractivity contribution in [1.29, 1.82) is 0 Å². The van der Waals surface area contributed by atoms with Gasteiger partial charge in [0.2, 0.25) is 5.91 Å². The summed E-state index contributed by atoms with van der Waals surface area (Å²) in [7, 11) is 0. The molecule has 100 valence electrons. The molecule has 0 spiro atoms. The SMILES string of the molecule is CC1CC(C(=O)Nc2cc(C#CCO)ccn2)CO1. The molecular formula is C14H16N2O3. The maximum absolute atomic E-state index is 12.0. The summed E-state index contributed by atoms with van der Waals surface area (Å²) in [5.41, 5.74) is 0.704. The minimum atomic E-state index is -0.193. The van der Waals surface area contributed by atoms with Gasteiger partial charge in [-0.1, -0.05) is 11.8 Å². The fourth-order valence-corrected chi connectivity index (χ4v) is 1.95. The van der Waals surface area contributed by atoms with Gasteiger partial charge in [-0.05, 0) is 25.5 Å². The van der Waals surface area contributed by atoms with Crippen LogP contribution < -0.4 is 5.32 Å². The van der Waals surface area contributed by atoms with Crippen molar-refractivity contribution in [1.82, 2.24) is 4.98 Å². The van der Waals surface area contributed by atoms with E-state index in [9.17, 15) is 4.79 Å². The molecule has 5 heteroatoms. The highest BCUT2D eigenvalue weighted by atomic mass is 16.5. The van der Waals surface area contributed by atoms with E-state index in [1.165, 1.54) is 0 Å². The van der Waals surface area contributed by atoms with Crippen LogP contribution in [0.15, 0.2) is 18.3 Å². The molecule has 0 saturated carbocycles. The summed E-state index contributed by atoms with van der Waals surface area (Å²) in [5, 5.41) is 11.4. The Morgan fingerprint density at radius 3 is 3.21 bits per heavy atom. The van der Waals surface area contributed by atoms with E-state index in [2.05, 4.69) is 22.1 Å². The van der Waals surface area contributed by atoms with E-state index in [4.69, 9.17) is 9.84 Å². The van der Waals surface area contributed by atoms with E-state index in [0.717, 1.165) is 6.42 Å². The number of aliphatic hydroxyl groups is 1. The lowest BCUT2D eigenvalue weighted by atomic mass is 10.1. The van der Waals surface area contributed by atoms with Gasteiger partial charge in [-0.15, -0.1) is 0 Å². The van der Waals surface area contributed by atoms with Crippen molar-refractivity contribution in [2.24, 2.45) is 5.92 Å². The van der Waals surface area contributed by atoms with Crippen LogP contribution in [0.4, 0.5) is 5.82 Å². The van der Waals surface area contributed by atoms with Crippen LogP contribution in [0, 0.1) is 17.8 Å². The summed E-state index contributed by atoms with van der Waals surface area (Å²) in [5.74, 6) is 5.59. The predicted octanol–water partition coefficient (Wildman–Crippen LogP) is 0.789. The number of aromatic nitrogens is 1. The highest BCUT2D eigenvalue weighted by Gasteiger charge is 2.28. The Balaban J connectivity index is 2.00. The molecule has 1 aromatic rings. The third-order valence-electron chi connectivity index (χ3n) is 2.89. The van der Waals surface area contributed by atoms with E-state index in [1.54, 1.807) is 18.3 Å². The number of hydrogen-bond donors (Lipinski definition) is 2. The van der Waals surface area contributed by atoms with Crippen molar-refractivity contribution in [3.05, 3.63) is 23.9 Å². The first kappa shape index (κ1) is 13.5. The standard InChI is InChI=1S/C14H16N2O3/c1-10-7-12(9-19-10)14(18)16-13-8-11(3-2-6-17)4-5-15-13/h4-5,8,10,12,17H,6-7,9H2,1H3,(H,15,16,18). The smallest absolute Gasteiger partial charge is 0.231 e. The first-order chi connectivity index (χ1) is 9.19. The summed E-state index contributed by atoms with van der Waals surface area (Å²) in [4.78, 5) is 16.1. The van der Waals surface area contributed by atoms with Crippen molar-refractivity contribution >= 4 is 11.7 Å². The van der Waals surface area contributed by atoms with Gasteiger partial charge in [-0.3, -0.25) is 4.79 Å². The lowest BCUT2D eigenvalue weighted by Gasteiger charge is -2.08. The molecule has 0 bridgehead atoms. The molecule has 2 atom stereocenters. The van der Waals surface area contributed by atoms with E-state index < -0.39 is 0 Å². The second-order valence-corrected chi connectivity index (χ2v) is 4.46. The molecule has 1 aliphatic rings. The van der Waals surface area contributed by atoms with Crippen molar-refractivity contribution in [2.75, 3.05) is 18.5 Å². The largest absolute Gasteiger partial charge is 0.384 e.